The van der Waals surface area contributed by atoms with Gasteiger partial charge in [-0.3, -0.25) is 0 Å². The van der Waals surface area contributed by atoms with Gasteiger partial charge in [0.05, 0.1) is 0 Å². The van der Waals surface area contributed by atoms with Gasteiger partial charge in [0.15, 0.2) is 0 Å². The van der Waals surface area contributed by atoms with E-state index < -0.39 is 11.9 Å². The maximum absolute atomic E-state index is 11.0. The Hall–Kier alpha value is -1.32. The maximum Gasteiger partial charge on any atom is 0.331 e. The van der Waals surface area contributed by atoms with Crippen LogP contribution >= 0.6 is 0 Å². The fraction of sp³-hybridized carbons (Fsp3) is 0.714. The molecule has 18 heavy (non-hydrogen) atoms. The molecule has 0 spiro atoms. The minimum absolute atomic E-state index is 0.0188. The lowest BCUT2D eigenvalue weighted by Gasteiger charge is -2.20. The largest absolute Gasteiger partial charge is 0.478 e. The van der Waals surface area contributed by atoms with E-state index in [4.69, 9.17) is 9.84 Å². The quantitative estimate of drug-likeness (QED) is 0.619. The molecule has 1 aliphatic rings. The van der Waals surface area contributed by atoms with Gasteiger partial charge in [-0.25, -0.2) is 9.59 Å². The SMILES string of the molecule is CCCC.O=C(O)/C=C/C(=O)OC1CCCCC1. The van der Waals surface area contributed by atoms with Crippen molar-refractivity contribution in [2.75, 3.05) is 0 Å². The monoisotopic (exact) mass is 256 g/mol. The summed E-state index contributed by atoms with van der Waals surface area (Å²) in [4.78, 5) is 21.1. The van der Waals surface area contributed by atoms with Gasteiger partial charge in [-0.05, 0) is 25.7 Å². The number of carboxylic acids is 1. The zero-order chi connectivity index (χ0) is 13.8. The number of hydrogen-bond acceptors (Lipinski definition) is 3. The van der Waals surface area contributed by atoms with Crippen LogP contribution in [0.3, 0.4) is 0 Å². The lowest BCUT2D eigenvalue weighted by atomic mass is 9.98. The van der Waals surface area contributed by atoms with Crippen LogP contribution in [-0.4, -0.2) is 23.1 Å². The Morgan fingerprint density at radius 2 is 1.67 bits per heavy atom. The molecule has 0 aromatic carbocycles. The zero-order valence-electron chi connectivity index (χ0n) is 11.4. The fourth-order valence-electron chi connectivity index (χ4n) is 1.53. The number of hydrogen-bond donors (Lipinski definition) is 1. The second kappa shape index (κ2) is 10.8. The first-order valence-corrected chi connectivity index (χ1v) is 6.71. The molecule has 1 saturated carbocycles. The summed E-state index contributed by atoms with van der Waals surface area (Å²) in [5, 5.41) is 8.27. The van der Waals surface area contributed by atoms with E-state index >= 15 is 0 Å². The highest BCUT2D eigenvalue weighted by Crippen LogP contribution is 2.20. The zero-order valence-corrected chi connectivity index (χ0v) is 11.4. The third kappa shape index (κ3) is 9.87. The van der Waals surface area contributed by atoms with Crippen molar-refractivity contribution in [1.82, 2.24) is 0 Å². The molecule has 1 N–H and O–H groups in total. The van der Waals surface area contributed by atoms with Crippen LogP contribution in [0, 0.1) is 0 Å². The van der Waals surface area contributed by atoms with Crippen molar-refractivity contribution in [2.24, 2.45) is 0 Å². The Balaban J connectivity index is 0.000000631. The summed E-state index contributed by atoms with van der Waals surface area (Å²) in [6.07, 6.45) is 9.52. The number of esters is 1. The maximum atomic E-state index is 11.0. The van der Waals surface area contributed by atoms with Crippen LogP contribution < -0.4 is 0 Å². The Morgan fingerprint density at radius 1 is 1.11 bits per heavy atom. The smallest absolute Gasteiger partial charge is 0.331 e. The van der Waals surface area contributed by atoms with Crippen molar-refractivity contribution in [2.45, 2.75) is 64.9 Å². The van der Waals surface area contributed by atoms with Crippen molar-refractivity contribution in [3.63, 3.8) is 0 Å². The van der Waals surface area contributed by atoms with Crippen LogP contribution in [0.2, 0.25) is 0 Å². The van der Waals surface area contributed by atoms with Crippen LogP contribution in [0.5, 0.6) is 0 Å². The van der Waals surface area contributed by atoms with E-state index in [1.165, 1.54) is 19.3 Å². The van der Waals surface area contributed by atoms with Crippen LogP contribution in [-0.2, 0) is 14.3 Å². The molecule has 104 valence electrons. The van der Waals surface area contributed by atoms with Gasteiger partial charge in [-0.1, -0.05) is 33.1 Å². The molecule has 4 heteroatoms. The highest BCUT2D eigenvalue weighted by Gasteiger charge is 2.16. The van der Waals surface area contributed by atoms with Gasteiger partial charge in [0.2, 0.25) is 0 Å². The average molecular weight is 256 g/mol. The van der Waals surface area contributed by atoms with Gasteiger partial charge in [0.25, 0.3) is 0 Å². The second-order valence-corrected chi connectivity index (χ2v) is 4.37. The molecule has 0 heterocycles. The van der Waals surface area contributed by atoms with Crippen LogP contribution in [0.25, 0.3) is 0 Å². The topological polar surface area (TPSA) is 63.6 Å². The summed E-state index contributed by atoms with van der Waals surface area (Å²) in [6, 6.07) is 0. The van der Waals surface area contributed by atoms with Gasteiger partial charge in [0, 0.05) is 12.2 Å². The van der Waals surface area contributed by atoms with E-state index in [0.717, 1.165) is 37.8 Å². The summed E-state index contributed by atoms with van der Waals surface area (Å²) in [5.74, 6) is -1.69. The molecular formula is C14H24O4. The van der Waals surface area contributed by atoms with Crippen LogP contribution in [0.15, 0.2) is 12.2 Å². The second-order valence-electron chi connectivity index (χ2n) is 4.37. The number of carbonyl (C=O) groups excluding carboxylic acids is 1. The van der Waals surface area contributed by atoms with Gasteiger partial charge >= 0.3 is 11.9 Å². The summed E-state index contributed by atoms with van der Waals surface area (Å²) in [5.41, 5.74) is 0. The molecule has 0 atom stereocenters. The first-order chi connectivity index (χ1) is 8.60. The molecule has 0 radical (unpaired) electrons. The number of carboxylic acid groups (broad SMARTS) is 1. The fourth-order valence-corrected chi connectivity index (χ4v) is 1.53. The Morgan fingerprint density at radius 3 is 2.11 bits per heavy atom. The van der Waals surface area contributed by atoms with E-state index in [9.17, 15) is 9.59 Å². The number of rotatable bonds is 4. The van der Waals surface area contributed by atoms with Gasteiger partial charge in [-0.2, -0.15) is 0 Å². The van der Waals surface area contributed by atoms with Gasteiger partial charge in [0.1, 0.15) is 6.10 Å². The predicted octanol–water partition coefficient (Wildman–Crippen LogP) is 3.31. The third-order valence-corrected chi connectivity index (χ3v) is 2.70. The van der Waals surface area contributed by atoms with E-state index in [1.807, 2.05) is 0 Å². The minimum atomic E-state index is -1.13. The summed E-state index contributed by atoms with van der Waals surface area (Å²) >= 11 is 0. The number of unbranched alkanes of at least 4 members (excludes halogenated alkanes) is 1. The molecule has 0 aliphatic heterocycles. The molecule has 0 amide bonds. The Labute approximate surface area is 109 Å². The minimum Gasteiger partial charge on any atom is -0.478 e. The summed E-state index contributed by atoms with van der Waals surface area (Å²) in [6.45, 7) is 4.36. The Bertz CT molecular complexity index is 263. The molecule has 0 saturated heterocycles. The summed E-state index contributed by atoms with van der Waals surface area (Å²) < 4.78 is 5.05. The molecule has 0 unspecified atom stereocenters. The van der Waals surface area contributed by atoms with Gasteiger partial charge in [-0.15, -0.1) is 0 Å². The van der Waals surface area contributed by atoms with E-state index in [2.05, 4.69) is 13.8 Å². The molecule has 0 aromatic rings. The summed E-state index contributed by atoms with van der Waals surface area (Å²) in [7, 11) is 0. The van der Waals surface area contributed by atoms with Crippen molar-refractivity contribution in [3.8, 4) is 0 Å². The molecule has 0 aromatic heterocycles. The van der Waals surface area contributed by atoms with Crippen molar-refractivity contribution < 1.29 is 19.4 Å². The first-order valence-electron chi connectivity index (χ1n) is 6.71. The molecule has 4 nitrogen and oxygen atoms in total. The normalized spacial score (nSPS) is 15.9. The standard InChI is InChI=1S/C10H14O4.C4H10/c11-9(12)6-7-10(13)14-8-4-2-1-3-5-8;1-3-4-2/h6-8H,1-5H2,(H,11,12);3-4H2,1-2H3/b7-6+;. The lowest BCUT2D eigenvalue weighted by Crippen LogP contribution is -2.19. The molecular weight excluding hydrogens is 232 g/mol. The van der Waals surface area contributed by atoms with Gasteiger partial charge < -0.3 is 9.84 Å². The molecule has 1 aliphatic carbocycles. The Kier molecular flexibility index (Phi) is 10.0. The highest BCUT2D eigenvalue weighted by molar-refractivity contribution is 5.90. The molecule has 0 bridgehead atoms. The molecule has 1 rings (SSSR count). The van der Waals surface area contributed by atoms with E-state index in [0.29, 0.717) is 0 Å². The van der Waals surface area contributed by atoms with Crippen LogP contribution in [0.4, 0.5) is 0 Å². The van der Waals surface area contributed by atoms with Crippen molar-refractivity contribution in [1.29, 1.82) is 0 Å². The number of ether oxygens (including phenoxy) is 1. The molecule has 1 fully saturated rings. The number of aliphatic carboxylic acids is 1. The highest BCUT2D eigenvalue weighted by atomic mass is 16.5. The van der Waals surface area contributed by atoms with Crippen molar-refractivity contribution >= 4 is 11.9 Å². The predicted molar refractivity (Wildman–Crippen MR) is 70.3 cm³/mol. The third-order valence-electron chi connectivity index (χ3n) is 2.70. The number of carbonyl (C=O) groups is 2. The van der Waals surface area contributed by atoms with E-state index in [-0.39, 0.29) is 6.10 Å². The average Bonchev–Trinajstić information content (AvgIpc) is 2.38. The first kappa shape index (κ1) is 16.7. The van der Waals surface area contributed by atoms with Crippen molar-refractivity contribution in [3.05, 3.63) is 12.2 Å². The lowest BCUT2D eigenvalue weighted by molar-refractivity contribution is -0.144. The van der Waals surface area contributed by atoms with E-state index in [1.54, 1.807) is 0 Å². The van der Waals surface area contributed by atoms with Crippen LogP contribution in [0.1, 0.15) is 58.8 Å².